The Bertz CT molecular complexity index is 1190. The SMILES string of the molecule is CCCCn1c(C=Cc2ccc(Cl)cc2)nc2cc(S(=O)(=O)N3CCOCC3)ccc21.Cl. The summed E-state index contributed by atoms with van der Waals surface area (Å²) in [6, 6.07) is 12.8. The minimum atomic E-state index is -3.56. The van der Waals surface area contributed by atoms with Crippen molar-refractivity contribution in [3.63, 3.8) is 0 Å². The van der Waals surface area contributed by atoms with Gasteiger partial charge < -0.3 is 9.30 Å². The van der Waals surface area contributed by atoms with Crippen LogP contribution in [0.3, 0.4) is 0 Å². The van der Waals surface area contributed by atoms with Crippen molar-refractivity contribution in [3.05, 3.63) is 58.9 Å². The monoisotopic (exact) mass is 495 g/mol. The highest BCUT2D eigenvalue weighted by Gasteiger charge is 2.27. The van der Waals surface area contributed by atoms with E-state index in [9.17, 15) is 8.42 Å². The number of aryl methyl sites for hydroxylation is 1. The molecule has 0 unspecified atom stereocenters. The van der Waals surface area contributed by atoms with Crippen LogP contribution in [0.5, 0.6) is 0 Å². The predicted molar refractivity (Wildman–Crippen MR) is 132 cm³/mol. The predicted octanol–water partition coefficient (Wildman–Crippen LogP) is 5.10. The molecule has 1 aromatic heterocycles. The van der Waals surface area contributed by atoms with E-state index in [4.69, 9.17) is 21.3 Å². The summed E-state index contributed by atoms with van der Waals surface area (Å²) >= 11 is 5.97. The molecule has 1 aliphatic heterocycles. The molecule has 9 heteroatoms. The molecule has 0 aliphatic carbocycles. The lowest BCUT2D eigenvalue weighted by atomic mass is 10.2. The molecule has 1 saturated heterocycles. The first-order valence-corrected chi connectivity index (χ1v) is 12.3. The van der Waals surface area contributed by atoms with Gasteiger partial charge in [-0.2, -0.15) is 4.31 Å². The van der Waals surface area contributed by atoms with Gasteiger partial charge in [0.2, 0.25) is 10.0 Å². The second-order valence-corrected chi connectivity index (χ2v) is 9.90. The molecular formula is C23H27Cl2N3O3S. The summed E-state index contributed by atoms with van der Waals surface area (Å²) in [6.45, 7) is 4.57. The minimum Gasteiger partial charge on any atom is -0.379 e. The van der Waals surface area contributed by atoms with Crippen LogP contribution in [-0.4, -0.2) is 48.6 Å². The number of fused-ring (bicyclic) bond motifs is 1. The molecule has 3 aromatic rings. The van der Waals surface area contributed by atoms with E-state index in [1.165, 1.54) is 4.31 Å². The number of sulfonamides is 1. The first kappa shape index (κ1) is 24.7. The van der Waals surface area contributed by atoms with E-state index in [2.05, 4.69) is 11.5 Å². The number of imidazole rings is 1. The van der Waals surface area contributed by atoms with Gasteiger partial charge in [0.1, 0.15) is 5.82 Å². The molecule has 0 N–H and O–H groups in total. The highest BCUT2D eigenvalue weighted by Crippen LogP contribution is 2.25. The van der Waals surface area contributed by atoms with Crippen molar-refractivity contribution < 1.29 is 13.2 Å². The second kappa shape index (κ2) is 10.8. The normalized spacial score (nSPS) is 15.3. The summed E-state index contributed by atoms with van der Waals surface area (Å²) in [6.07, 6.45) is 6.03. The van der Waals surface area contributed by atoms with E-state index >= 15 is 0 Å². The lowest BCUT2D eigenvalue weighted by Gasteiger charge is -2.26. The van der Waals surface area contributed by atoms with Crippen LogP contribution >= 0.6 is 24.0 Å². The summed E-state index contributed by atoms with van der Waals surface area (Å²) in [7, 11) is -3.56. The fourth-order valence-corrected chi connectivity index (χ4v) is 5.20. The molecule has 0 saturated carbocycles. The molecule has 0 bridgehead atoms. The van der Waals surface area contributed by atoms with Crippen LogP contribution in [0.2, 0.25) is 5.02 Å². The molecule has 0 spiro atoms. The number of benzene rings is 2. The topological polar surface area (TPSA) is 64.4 Å². The van der Waals surface area contributed by atoms with Crippen LogP contribution in [0.25, 0.3) is 23.2 Å². The molecule has 32 heavy (non-hydrogen) atoms. The first-order valence-electron chi connectivity index (χ1n) is 10.5. The Labute approximate surface area is 200 Å². The number of hydrogen-bond donors (Lipinski definition) is 0. The number of halogens is 2. The Morgan fingerprint density at radius 2 is 1.81 bits per heavy atom. The van der Waals surface area contributed by atoms with Crippen molar-refractivity contribution in [3.8, 4) is 0 Å². The summed E-state index contributed by atoms with van der Waals surface area (Å²) in [5.41, 5.74) is 2.64. The Morgan fingerprint density at radius 1 is 1.09 bits per heavy atom. The molecule has 2 heterocycles. The number of rotatable bonds is 7. The number of ether oxygens (including phenoxy) is 1. The molecule has 0 amide bonds. The van der Waals surface area contributed by atoms with Crippen molar-refractivity contribution in [1.29, 1.82) is 0 Å². The van der Waals surface area contributed by atoms with Crippen molar-refractivity contribution >= 4 is 57.2 Å². The Balaban J connectivity index is 0.00000289. The summed E-state index contributed by atoms with van der Waals surface area (Å²) < 4.78 is 35.0. The fourth-order valence-electron chi connectivity index (χ4n) is 3.65. The van der Waals surface area contributed by atoms with Crippen molar-refractivity contribution in [1.82, 2.24) is 13.9 Å². The molecule has 1 fully saturated rings. The zero-order valence-electron chi connectivity index (χ0n) is 17.9. The Morgan fingerprint density at radius 3 is 2.50 bits per heavy atom. The van der Waals surface area contributed by atoms with Crippen LogP contribution in [0.1, 0.15) is 31.2 Å². The quantitative estimate of drug-likeness (QED) is 0.457. The third kappa shape index (κ3) is 5.35. The lowest BCUT2D eigenvalue weighted by molar-refractivity contribution is 0.0730. The number of aromatic nitrogens is 2. The summed E-state index contributed by atoms with van der Waals surface area (Å²) in [4.78, 5) is 5.03. The molecule has 6 nitrogen and oxygen atoms in total. The summed E-state index contributed by atoms with van der Waals surface area (Å²) in [5.74, 6) is 0.805. The third-order valence-corrected chi connectivity index (χ3v) is 7.53. The molecule has 4 rings (SSSR count). The zero-order valence-corrected chi connectivity index (χ0v) is 20.3. The standard InChI is InChI=1S/C23H26ClN3O3S.ClH/c1-2-3-12-27-22-10-9-20(31(28,29)26-13-15-30-16-14-26)17-21(22)25-23(27)11-6-18-4-7-19(24)8-5-18;/h4-11,17H,2-3,12-16H2,1H3;1H. The molecule has 172 valence electrons. The van der Waals surface area contributed by atoms with Gasteiger partial charge in [0.25, 0.3) is 0 Å². The van der Waals surface area contributed by atoms with Crippen molar-refractivity contribution in [2.45, 2.75) is 31.2 Å². The maximum Gasteiger partial charge on any atom is 0.243 e. The van der Waals surface area contributed by atoms with E-state index in [1.54, 1.807) is 12.1 Å². The maximum atomic E-state index is 13.0. The van der Waals surface area contributed by atoms with Crippen molar-refractivity contribution in [2.24, 2.45) is 0 Å². The number of nitrogens with zero attached hydrogens (tertiary/aromatic N) is 3. The van der Waals surface area contributed by atoms with Gasteiger partial charge in [0.05, 0.1) is 29.1 Å². The van der Waals surface area contributed by atoms with Gasteiger partial charge in [-0.25, -0.2) is 13.4 Å². The van der Waals surface area contributed by atoms with Gasteiger partial charge in [-0.15, -0.1) is 12.4 Å². The Kier molecular flexibility index (Phi) is 8.36. The minimum absolute atomic E-state index is 0. The van der Waals surface area contributed by atoms with Gasteiger partial charge in [0, 0.05) is 24.7 Å². The average Bonchev–Trinajstić information content (AvgIpc) is 3.14. The van der Waals surface area contributed by atoms with Crippen LogP contribution < -0.4 is 0 Å². The van der Waals surface area contributed by atoms with Crippen LogP contribution in [0.4, 0.5) is 0 Å². The molecule has 0 radical (unpaired) electrons. The highest BCUT2D eigenvalue weighted by atomic mass is 35.5. The van der Waals surface area contributed by atoms with Crippen LogP contribution in [0.15, 0.2) is 47.4 Å². The van der Waals surface area contributed by atoms with E-state index in [-0.39, 0.29) is 17.3 Å². The van der Waals surface area contributed by atoms with E-state index in [0.717, 1.165) is 36.3 Å². The van der Waals surface area contributed by atoms with E-state index in [1.807, 2.05) is 42.5 Å². The van der Waals surface area contributed by atoms with E-state index < -0.39 is 10.0 Å². The lowest BCUT2D eigenvalue weighted by Crippen LogP contribution is -2.40. The fraction of sp³-hybridized carbons (Fsp3) is 0.348. The van der Waals surface area contributed by atoms with Crippen LogP contribution in [0, 0.1) is 0 Å². The van der Waals surface area contributed by atoms with Gasteiger partial charge in [-0.1, -0.05) is 43.2 Å². The highest BCUT2D eigenvalue weighted by molar-refractivity contribution is 7.89. The van der Waals surface area contributed by atoms with E-state index in [0.29, 0.717) is 36.8 Å². The first-order chi connectivity index (χ1) is 15.0. The molecule has 1 aliphatic rings. The van der Waals surface area contributed by atoms with Crippen LogP contribution in [-0.2, 0) is 21.3 Å². The van der Waals surface area contributed by atoms with Gasteiger partial charge in [0.15, 0.2) is 0 Å². The largest absolute Gasteiger partial charge is 0.379 e. The smallest absolute Gasteiger partial charge is 0.243 e. The van der Waals surface area contributed by atoms with Gasteiger partial charge in [-0.05, 0) is 48.4 Å². The third-order valence-electron chi connectivity index (χ3n) is 5.39. The zero-order chi connectivity index (χ0) is 21.8. The number of hydrogen-bond acceptors (Lipinski definition) is 4. The van der Waals surface area contributed by atoms with Crippen molar-refractivity contribution in [2.75, 3.05) is 26.3 Å². The van der Waals surface area contributed by atoms with Gasteiger partial charge in [-0.3, -0.25) is 0 Å². The molecule has 2 aromatic carbocycles. The molecular weight excluding hydrogens is 469 g/mol. The maximum absolute atomic E-state index is 13.0. The number of unbranched alkanes of at least 4 members (excludes halogenated alkanes) is 1. The molecule has 0 atom stereocenters. The number of morpholine rings is 1. The van der Waals surface area contributed by atoms with Gasteiger partial charge >= 0.3 is 0 Å². The summed E-state index contributed by atoms with van der Waals surface area (Å²) in [5, 5.41) is 0.696. The average molecular weight is 496 g/mol. The second-order valence-electron chi connectivity index (χ2n) is 7.53. The Hall–Kier alpha value is -1.90.